The van der Waals surface area contributed by atoms with E-state index in [2.05, 4.69) is 18.8 Å². The van der Waals surface area contributed by atoms with E-state index in [0.29, 0.717) is 51.6 Å². The number of unbranched alkanes of at least 4 members (excludes halogenated alkanes) is 1. The van der Waals surface area contributed by atoms with Crippen LogP contribution in [0.25, 0.3) is 5.57 Å². The van der Waals surface area contributed by atoms with Gasteiger partial charge in [0.2, 0.25) is 5.91 Å². The van der Waals surface area contributed by atoms with Crippen LogP contribution in [-0.2, 0) is 33.9 Å². The summed E-state index contributed by atoms with van der Waals surface area (Å²) in [5.41, 5.74) is 2.34. The van der Waals surface area contributed by atoms with E-state index in [1.807, 2.05) is 12.1 Å². The molecule has 1 unspecified atom stereocenters. The van der Waals surface area contributed by atoms with Crippen LogP contribution in [0.15, 0.2) is 30.8 Å². The summed E-state index contributed by atoms with van der Waals surface area (Å²) in [6, 6.07) is 6.95. The van der Waals surface area contributed by atoms with E-state index in [1.165, 1.54) is 6.92 Å². The maximum absolute atomic E-state index is 12.5. The summed E-state index contributed by atoms with van der Waals surface area (Å²) < 4.78 is 49.6. The predicted octanol–water partition coefficient (Wildman–Crippen LogP) is 3.53. The molecule has 12 heteroatoms. The van der Waals surface area contributed by atoms with Gasteiger partial charge in [-0.05, 0) is 55.4 Å². The van der Waals surface area contributed by atoms with E-state index in [0.717, 1.165) is 36.8 Å². The number of allylic oxidation sites excluding steroid dienone is 1. The fourth-order valence-electron chi connectivity index (χ4n) is 3.90. The smallest absolute Gasteiger partial charge is 0.275 e. The number of hydrogen-bond donors (Lipinski definition) is 2. The molecule has 0 saturated heterocycles. The van der Waals surface area contributed by atoms with Crippen LogP contribution in [0.3, 0.4) is 0 Å². The molecule has 0 bridgehead atoms. The molecular weight excluding hydrogens is 564 g/mol. The van der Waals surface area contributed by atoms with Crippen molar-refractivity contribution in [3.05, 3.63) is 42.0 Å². The second-order valence-electron chi connectivity index (χ2n) is 10.0. The highest BCUT2D eigenvalue weighted by Gasteiger charge is 2.30. The summed E-state index contributed by atoms with van der Waals surface area (Å²) in [6.07, 6.45) is 3.49. The van der Waals surface area contributed by atoms with Crippen LogP contribution in [0, 0.1) is 0 Å². The van der Waals surface area contributed by atoms with Gasteiger partial charge in [-0.2, -0.15) is 8.42 Å². The lowest BCUT2D eigenvalue weighted by atomic mass is 10.0. The summed E-state index contributed by atoms with van der Waals surface area (Å²) in [5, 5.41) is 0.997. The van der Waals surface area contributed by atoms with Crippen LogP contribution in [0.2, 0.25) is 0 Å². The standard InChI is InChI=1S/C30H48N2O9S/c1-5-9-24(2)26-11-13-27(14-12-26)30(35)31-16-15-29(42(36,37)38)28(34)10-8-20-41-23-22-40-19-7-6-18-39-21-17-32(4)25(3)33/h11-14,29H,2,5-10,15-23H2,1,3-4H3,(H,31,35)(H,36,37,38). The average molecular weight is 613 g/mol. The summed E-state index contributed by atoms with van der Waals surface area (Å²) in [6.45, 7) is 10.7. The maximum Gasteiger partial charge on any atom is 0.275 e. The molecular formula is C30H48N2O9S. The first-order valence-electron chi connectivity index (χ1n) is 14.5. The molecule has 0 heterocycles. The lowest BCUT2D eigenvalue weighted by Crippen LogP contribution is -2.35. The van der Waals surface area contributed by atoms with Crippen LogP contribution in [0.5, 0.6) is 0 Å². The van der Waals surface area contributed by atoms with Gasteiger partial charge >= 0.3 is 0 Å². The van der Waals surface area contributed by atoms with Gasteiger partial charge in [0, 0.05) is 58.9 Å². The van der Waals surface area contributed by atoms with Crippen molar-refractivity contribution in [1.82, 2.24) is 10.2 Å². The molecule has 42 heavy (non-hydrogen) atoms. The number of Topliss-reactive ketones (excluding diaryl/α,β-unsaturated/α-hetero) is 1. The number of carbonyl (C=O) groups excluding carboxylic acids is 3. The van der Waals surface area contributed by atoms with Crippen molar-refractivity contribution in [2.45, 2.75) is 64.0 Å². The second kappa shape index (κ2) is 21.1. The van der Waals surface area contributed by atoms with Crippen molar-refractivity contribution in [2.24, 2.45) is 0 Å². The Hall–Kier alpha value is -2.64. The highest BCUT2D eigenvalue weighted by Crippen LogP contribution is 2.18. The van der Waals surface area contributed by atoms with Gasteiger partial charge in [0.15, 0.2) is 5.78 Å². The Morgan fingerprint density at radius 3 is 2.00 bits per heavy atom. The molecule has 0 spiro atoms. The largest absolute Gasteiger partial charge is 0.380 e. The predicted molar refractivity (Wildman–Crippen MR) is 162 cm³/mol. The number of ketones is 1. The van der Waals surface area contributed by atoms with E-state index in [-0.39, 0.29) is 31.9 Å². The van der Waals surface area contributed by atoms with Gasteiger partial charge in [0.25, 0.3) is 16.0 Å². The van der Waals surface area contributed by atoms with Crippen LogP contribution >= 0.6 is 0 Å². The monoisotopic (exact) mass is 612 g/mol. The van der Waals surface area contributed by atoms with Gasteiger partial charge in [0.05, 0.1) is 19.8 Å². The van der Waals surface area contributed by atoms with E-state index < -0.39 is 27.1 Å². The van der Waals surface area contributed by atoms with E-state index in [1.54, 1.807) is 24.1 Å². The molecule has 0 saturated carbocycles. The maximum atomic E-state index is 12.5. The number of rotatable bonds is 24. The van der Waals surface area contributed by atoms with Crippen molar-refractivity contribution >= 4 is 33.3 Å². The molecule has 238 valence electrons. The quantitative estimate of drug-likeness (QED) is 0.132. The molecule has 0 fully saturated rings. The van der Waals surface area contributed by atoms with Crippen molar-refractivity contribution in [3.8, 4) is 0 Å². The lowest BCUT2D eigenvalue weighted by molar-refractivity contribution is -0.128. The Morgan fingerprint density at radius 2 is 1.45 bits per heavy atom. The third kappa shape index (κ3) is 16.1. The van der Waals surface area contributed by atoms with Gasteiger partial charge in [-0.3, -0.25) is 18.9 Å². The number of likely N-dealkylation sites (N-methyl/N-ethyl adjacent to an activating group) is 1. The zero-order valence-corrected chi connectivity index (χ0v) is 26.1. The third-order valence-electron chi connectivity index (χ3n) is 6.54. The number of ether oxygens (including phenoxy) is 3. The van der Waals surface area contributed by atoms with Crippen LogP contribution < -0.4 is 5.32 Å². The molecule has 0 aliphatic rings. The zero-order chi connectivity index (χ0) is 31.4. The zero-order valence-electron chi connectivity index (χ0n) is 25.3. The van der Waals surface area contributed by atoms with Gasteiger partial charge < -0.3 is 24.4 Å². The minimum absolute atomic E-state index is 0.00769. The van der Waals surface area contributed by atoms with Crippen molar-refractivity contribution in [1.29, 1.82) is 0 Å². The Bertz CT molecular complexity index is 1070. The number of hydrogen-bond acceptors (Lipinski definition) is 8. The fraction of sp³-hybridized carbons (Fsp3) is 0.633. The highest BCUT2D eigenvalue weighted by molar-refractivity contribution is 7.87. The Morgan fingerprint density at radius 1 is 0.905 bits per heavy atom. The summed E-state index contributed by atoms with van der Waals surface area (Å²) in [7, 11) is -2.89. The molecule has 2 amide bonds. The van der Waals surface area contributed by atoms with Crippen LogP contribution in [0.4, 0.5) is 0 Å². The second-order valence-corrected chi connectivity index (χ2v) is 11.6. The van der Waals surface area contributed by atoms with Gasteiger partial charge in [-0.25, -0.2) is 0 Å². The Balaban J connectivity index is 2.20. The summed E-state index contributed by atoms with van der Waals surface area (Å²) >= 11 is 0. The van der Waals surface area contributed by atoms with Gasteiger partial charge in [0.1, 0.15) is 5.25 Å². The molecule has 1 aromatic rings. The molecule has 1 aromatic carbocycles. The third-order valence-corrected chi connectivity index (χ3v) is 7.76. The Kier molecular flexibility index (Phi) is 18.8. The molecule has 1 atom stereocenters. The SMILES string of the molecule is C=C(CCC)c1ccc(C(=O)NCCC(C(=O)CCCOCCOCCCCOCCN(C)C(C)=O)S(=O)(=O)O)cc1. The number of amides is 2. The number of nitrogens with one attached hydrogen (secondary N) is 1. The van der Waals surface area contributed by atoms with E-state index >= 15 is 0 Å². The lowest BCUT2D eigenvalue weighted by Gasteiger charge is -2.14. The number of nitrogens with zero attached hydrogens (tertiary/aromatic N) is 1. The first-order valence-corrected chi connectivity index (χ1v) is 16.0. The van der Waals surface area contributed by atoms with Crippen LogP contribution in [-0.4, -0.2) is 100 Å². The van der Waals surface area contributed by atoms with Crippen molar-refractivity contribution in [2.75, 3.05) is 59.8 Å². The minimum atomic E-state index is -4.62. The number of benzene rings is 1. The van der Waals surface area contributed by atoms with Gasteiger partial charge in [-0.15, -0.1) is 0 Å². The molecule has 0 aromatic heterocycles. The first kappa shape index (κ1) is 37.4. The first-order chi connectivity index (χ1) is 20.0. The van der Waals surface area contributed by atoms with Crippen molar-refractivity contribution < 1.29 is 41.6 Å². The van der Waals surface area contributed by atoms with Crippen molar-refractivity contribution in [3.63, 3.8) is 0 Å². The van der Waals surface area contributed by atoms with E-state index in [4.69, 9.17) is 14.2 Å². The topological polar surface area (TPSA) is 149 Å². The molecule has 2 N–H and O–H groups in total. The average Bonchev–Trinajstić information content (AvgIpc) is 2.94. The fourth-order valence-corrected chi connectivity index (χ4v) is 4.76. The minimum Gasteiger partial charge on any atom is -0.380 e. The molecule has 0 aliphatic carbocycles. The Labute approximate surface area is 250 Å². The highest BCUT2D eigenvalue weighted by atomic mass is 32.2. The van der Waals surface area contributed by atoms with Gasteiger partial charge in [-0.1, -0.05) is 32.1 Å². The molecule has 11 nitrogen and oxygen atoms in total. The normalized spacial score (nSPS) is 12.1. The molecule has 0 aliphatic heterocycles. The van der Waals surface area contributed by atoms with Crippen LogP contribution in [0.1, 0.15) is 74.7 Å². The molecule has 1 rings (SSSR count). The molecule has 0 radical (unpaired) electrons. The number of carbonyl (C=O) groups is 3. The summed E-state index contributed by atoms with van der Waals surface area (Å²) in [5.74, 6) is -1.02. The summed E-state index contributed by atoms with van der Waals surface area (Å²) in [4.78, 5) is 37.6. The van der Waals surface area contributed by atoms with E-state index in [9.17, 15) is 27.4 Å².